The standard InChI is InChI=1S/C16H20N2O2/c1-13-6-5-9-15(10-13)20-12-16(19)18-17-11-14-7-3-2-4-8-14/h2-3,5-6,9-11,14H,4,7-8,12H2,1H3,(H,18,19)/b17-11-/t14-/m1/s1. The number of aryl methyl sites for hydroxylation is 1. The van der Waals surface area contributed by atoms with Crippen molar-refractivity contribution in [2.45, 2.75) is 26.2 Å². The molecular formula is C16H20N2O2. The van der Waals surface area contributed by atoms with Gasteiger partial charge in [-0.05, 0) is 49.8 Å². The van der Waals surface area contributed by atoms with Gasteiger partial charge in [-0.2, -0.15) is 5.10 Å². The fraction of sp³-hybridized carbons (Fsp3) is 0.375. The Hall–Kier alpha value is -2.10. The zero-order valence-electron chi connectivity index (χ0n) is 11.7. The van der Waals surface area contributed by atoms with Gasteiger partial charge >= 0.3 is 0 Å². The van der Waals surface area contributed by atoms with Gasteiger partial charge < -0.3 is 4.74 Å². The summed E-state index contributed by atoms with van der Waals surface area (Å²) in [6, 6.07) is 7.61. The lowest BCUT2D eigenvalue weighted by molar-refractivity contribution is -0.123. The molecule has 0 bridgehead atoms. The van der Waals surface area contributed by atoms with Crippen molar-refractivity contribution < 1.29 is 9.53 Å². The molecule has 0 radical (unpaired) electrons. The molecule has 1 amide bonds. The second-order valence-corrected chi connectivity index (χ2v) is 4.96. The molecule has 0 aromatic heterocycles. The van der Waals surface area contributed by atoms with Crippen LogP contribution in [0.25, 0.3) is 0 Å². The van der Waals surface area contributed by atoms with Gasteiger partial charge in [0, 0.05) is 6.21 Å². The number of carbonyl (C=O) groups excluding carboxylic acids is 1. The van der Waals surface area contributed by atoms with Crippen molar-refractivity contribution in [1.29, 1.82) is 0 Å². The van der Waals surface area contributed by atoms with Crippen molar-refractivity contribution in [2.75, 3.05) is 6.61 Å². The Kier molecular flexibility index (Phi) is 5.35. The molecule has 0 fully saturated rings. The lowest BCUT2D eigenvalue weighted by atomic mass is 9.96. The highest BCUT2D eigenvalue weighted by Gasteiger charge is 2.07. The minimum Gasteiger partial charge on any atom is -0.484 e. The van der Waals surface area contributed by atoms with E-state index in [1.807, 2.05) is 37.4 Å². The van der Waals surface area contributed by atoms with E-state index in [9.17, 15) is 4.79 Å². The number of nitrogens with zero attached hydrogens (tertiary/aromatic N) is 1. The van der Waals surface area contributed by atoms with Crippen LogP contribution in [-0.4, -0.2) is 18.7 Å². The van der Waals surface area contributed by atoms with Gasteiger partial charge in [-0.1, -0.05) is 24.3 Å². The van der Waals surface area contributed by atoms with Gasteiger partial charge in [-0.3, -0.25) is 4.79 Å². The van der Waals surface area contributed by atoms with Crippen LogP contribution in [0.4, 0.5) is 0 Å². The third kappa shape index (κ3) is 4.88. The van der Waals surface area contributed by atoms with Crippen molar-refractivity contribution in [2.24, 2.45) is 11.0 Å². The van der Waals surface area contributed by atoms with Crippen LogP contribution in [0.15, 0.2) is 41.5 Å². The quantitative estimate of drug-likeness (QED) is 0.509. The van der Waals surface area contributed by atoms with Crippen molar-refractivity contribution in [3.8, 4) is 5.75 Å². The average molecular weight is 272 g/mol. The van der Waals surface area contributed by atoms with Crippen LogP contribution in [0.2, 0.25) is 0 Å². The van der Waals surface area contributed by atoms with Crippen LogP contribution in [0, 0.1) is 12.8 Å². The molecule has 0 unspecified atom stereocenters. The summed E-state index contributed by atoms with van der Waals surface area (Å²) >= 11 is 0. The van der Waals surface area contributed by atoms with Crippen LogP contribution >= 0.6 is 0 Å². The first-order valence-corrected chi connectivity index (χ1v) is 6.90. The van der Waals surface area contributed by atoms with E-state index >= 15 is 0 Å². The van der Waals surface area contributed by atoms with Crippen molar-refractivity contribution in [3.63, 3.8) is 0 Å². The lowest BCUT2D eigenvalue weighted by Crippen LogP contribution is -2.25. The molecule has 4 nitrogen and oxygen atoms in total. The Balaban J connectivity index is 1.70. The van der Waals surface area contributed by atoms with Gasteiger partial charge in [-0.25, -0.2) is 5.43 Å². The number of ether oxygens (including phenoxy) is 1. The highest BCUT2D eigenvalue weighted by Crippen LogP contribution is 2.15. The number of amides is 1. The zero-order valence-corrected chi connectivity index (χ0v) is 11.7. The van der Waals surface area contributed by atoms with E-state index < -0.39 is 0 Å². The monoisotopic (exact) mass is 272 g/mol. The van der Waals surface area contributed by atoms with E-state index in [1.54, 1.807) is 0 Å². The molecule has 1 aliphatic rings. The highest BCUT2D eigenvalue weighted by atomic mass is 16.5. The average Bonchev–Trinajstić information content (AvgIpc) is 2.46. The van der Waals surface area contributed by atoms with E-state index in [0.29, 0.717) is 11.7 Å². The molecule has 0 saturated carbocycles. The largest absolute Gasteiger partial charge is 0.484 e. The molecule has 1 aromatic carbocycles. The topological polar surface area (TPSA) is 50.7 Å². The minimum atomic E-state index is -0.242. The fourth-order valence-electron chi connectivity index (χ4n) is 2.05. The molecule has 1 aromatic rings. The summed E-state index contributed by atoms with van der Waals surface area (Å²) in [6.07, 6.45) is 9.32. The molecule has 20 heavy (non-hydrogen) atoms. The van der Waals surface area contributed by atoms with E-state index in [1.165, 1.54) is 0 Å². The number of rotatable bonds is 5. The van der Waals surface area contributed by atoms with Crippen molar-refractivity contribution in [3.05, 3.63) is 42.0 Å². The van der Waals surface area contributed by atoms with Crippen LogP contribution in [0.1, 0.15) is 24.8 Å². The zero-order chi connectivity index (χ0) is 14.2. The number of allylic oxidation sites excluding steroid dienone is 2. The van der Waals surface area contributed by atoms with Gasteiger partial charge in [-0.15, -0.1) is 0 Å². The number of hydrogen-bond acceptors (Lipinski definition) is 3. The van der Waals surface area contributed by atoms with Crippen LogP contribution in [0.5, 0.6) is 5.75 Å². The van der Waals surface area contributed by atoms with Gasteiger partial charge in [0.1, 0.15) is 5.75 Å². The fourth-order valence-corrected chi connectivity index (χ4v) is 2.05. The highest BCUT2D eigenvalue weighted by molar-refractivity contribution is 5.78. The third-order valence-electron chi connectivity index (χ3n) is 3.14. The first-order valence-electron chi connectivity index (χ1n) is 6.90. The Morgan fingerprint density at radius 3 is 3.15 bits per heavy atom. The number of hydrazone groups is 1. The summed E-state index contributed by atoms with van der Waals surface area (Å²) in [4.78, 5) is 11.6. The molecule has 0 saturated heterocycles. The SMILES string of the molecule is Cc1cccc(OCC(=O)N/N=C\[C@@H]2CC=CCC2)c1. The molecule has 0 spiro atoms. The van der Waals surface area contributed by atoms with Gasteiger partial charge in [0.2, 0.25) is 0 Å². The molecule has 1 N–H and O–H groups in total. The Labute approximate surface area is 119 Å². The maximum absolute atomic E-state index is 11.6. The van der Waals surface area contributed by atoms with Crippen molar-refractivity contribution in [1.82, 2.24) is 5.43 Å². The summed E-state index contributed by atoms with van der Waals surface area (Å²) in [6.45, 7) is 1.96. The number of hydrogen-bond donors (Lipinski definition) is 1. The van der Waals surface area contributed by atoms with Gasteiger partial charge in [0.05, 0.1) is 0 Å². The maximum atomic E-state index is 11.6. The smallest absolute Gasteiger partial charge is 0.277 e. The summed E-state index contributed by atoms with van der Waals surface area (Å²) in [5, 5.41) is 3.99. The normalized spacial score (nSPS) is 18.1. The van der Waals surface area contributed by atoms with Crippen molar-refractivity contribution >= 4 is 12.1 Å². The molecule has 2 rings (SSSR count). The Morgan fingerprint density at radius 2 is 2.40 bits per heavy atom. The predicted molar refractivity (Wildman–Crippen MR) is 79.8 cm³/mol. The second kappa shape index (κ2) is 7.48. The molecule has 1 aliphatic carbocycles. The second-order valence-electron chi connectivity index (χ2n) is 4.96. The van der Waals surface area contributed by atoms with Gasteiger partial charge in [0.25, 0.3) is 5.91 Å². The summed E-state index contributed by atoms with van der Waals surface area (Å²) in [5.41, 5.74) is 3.60. The van der Waals surface area contributed by atoms with Crippen LogP contribution in [0.3, 0.4) is 0 Å². The molecule has 1 atom stereocenters. The predicted octanol–water partition coefficient (Wildman–Crippen LogP) is 2.83. The number of benzene rings is 1. The van der Waals surface area contributed by atoms with Crippen LogP contribution < -0.4 is 10.2 Å². The number of carbonyl (C=O) groups is 1. The molecular weight excluding hydrogens is 252 g/mol. The van der Waals surface area contributed by atoms with E-state index in [4.69, 9.17) is 4.74 Å². The van der Waals surface area contributed by atoms with Crippen LogP contribution in [-0.2, 0) is 4.79 Å². The van der Waals surface area contributed by atoms with E-state index in [2.05, 4.69) is 22.7 Å². The van der Waals surface area contributed by atoms with Gasteiger partial charge in [0.15, 0.2) is 6.61 Å². The third-order valence-corrected chi connectivity index (χ3v) is 3.14. The lowest BCUT2D eigenvalue weighted by Gasteiger charge is -2.11. The first-order chi connectivity index (χ1) is 9.74. The first kappa shape index (κ1) is 14.3. The minimum absolute atomic E-state index is 0.0225. The molecule has 0 heterocycles. The maximum Gasteiger partial charge on any atom is 0.277 e. The summed E-state index contributed by atoms with van der Waals surface area (Å²) in [5.74, 6) is 0.883. The Bertz CT molecular complexity index is 509. The molecule has 4 heteroatoms. The van der Waals surface area contributed by atoms with E-state index in [0.717, 1.165) is 24.8 Å². The molecule has 0 aliphatic heterocycles. The number of nitrogens with one attached hydrogen (secondary N) is 1. The summed E-state index contributed by atoms with van der Waals surface area (Å²) < 4.78 is 5.39. The summed E-state index contributed by atoms with van der Waals surface area (Å²) in [7, 11) is 0. The Morgan fingerprint density at radius 1 is 1.50 bits per heavy atom. The van der Waals surface area contributed by atoms with E-state index in [-0.39, 0.29) is 12.5 Å². The molecule has 106 valence electrons.